The normalized spacial score (nSPS) is 37.4. The van der Waals surface area contributed by atoms with Crippen molar-refractivity contribution >= 4 is 5.91 Å². The molecule has 17 nitrogen and oxygen atoms in total. The van der Waals surface area contributed by atoms with E-state index in [0.717, 1.165) is 0 Å². The maximum absolute atomic E-state index is 12.5. The van der Waals surface area contributed by atoms with Crippen LogP contribution in [-0.4, -0.2) is 153 Å². The van der Waals surface area contributed by atoms with E-state index in [2.05, 4.69) is 5.32 Å². The summed E-state index contributed by atoms with van der Waals surface area (Å²) in [5.41, 5.74) is 23.6. The summed E-state index contributed by atoms with van der Waals surface area (Å²) >= 11 is 0. The lowest BCUT2D eigenvalue weighted by Gasteiger charge is -2.46. The van der Waals surface area contributed by atoms with Gasteiger partial charge in [-0.25, -0.2) is 0 Å². The maximum atomic E-state index is 12.5. The molecule has 0 bridgehead atoms. The van der Waals surface area contributed by atoms with Crippen molar-refractivity contribution in [3.05, 3.63) is 0 Å². The number of carbonyl (C=O) groups is 1. The lowest BCUT2D eigenvalue weighted by molar-refractivity contribution is -0.288. The predicted molar refractivity (Wildman–Crippen MR) is 137 cm³/mol. The predicted octanol–water partition coefficient (Wildman–Crippen LogP) is -6.76. The van der Waals surface area contributed by atoms with Crippen LogP contribution in [0, 0.1) is 0 Å². The number of nitrogens with two attached hydrogens (primary N) is 4. The standard InChI is InChI=1S/C23H47N5O12/c1-8(25)18-16(34)17(35)23(38-18)40-20-15(33)12(28-21(36)13(32)3-4-24)5-10(26)19(20)39-22(11(27)6-29)37-14(7-30)9(2)31/h8-20,22-23,29-35H,3-7,24-27H2,1-2H3,(H,28,36)/t8-,9-,10?,11-,12+,13-,14?,15+,16?,17-,18+,19+,20?,22+,23-/m0/s1. The number of hydrogen-bond acceptors (Lipinski definition) is 16. The van der Waals surface area contributed by atoms with E-state index >= 15 is 0 Å². The summed E-state index contributed by atoms with van der Waals surface area (Å²) in [5, 5.41) is 73.9. The third-order valence-electron chi connectivity index (χ3n) is 7.04. The van der Waals surface area contributed by atoms with Gasteiger partial charge in [0.1, 0.15) is 48.8 Å². The van der Waals surface area contributed by atoms with Crippen molar-refractivity contribution < 1.29 is 59.5 Å². The first-order valence-corrected chi connectivity index (χ1v) is 13.3. The highest BCUT2D eigenvalue weighted by atomic mass is 16.7. The van der Waals surface area contributed by atoms with Gasteiger partial charge < -0.3 is 82.9 Å². The highest BCUT2D eigenvalue weighted by Crippen LogP contribution is 2.32. The van der Waals surface area contributed by atoms with Gasteiger partial charge in [-0.05, 0) is 33.2 Å². The van der Waals surface area contributed by atoms with Crippen molar-refractivity contribution in [1.82, 2.24) is 5.32 Å². The molecular weight excluding hydrogens is 538 g/mol. The van der Waals surface area contributed by atoms with Gasteiger partial charge in [0.2, 0.25) is 5.91 Å². The molecule has 4 unspecified atom stereocenters. The molecular formula is C23H47N5O12. The van der Waals surface area contributed by atoms with Crippen molar-refractivity contribution in [2.75, 3.05) is 19.8 Å². The Morgan fingerprint density at radius 1 is 1.05 bits per heavy atom. The number of ether oxygens (including phenoxy) is 4. The molecule has 0 spiro atoms. The molecule has 1 saturated heterocycles. The first-order chi connectivity index (χ1) is 18.8. The fraction of sp³-hybridized carbons (Fsp3) is 0.957. The molecule has 0 aromatic carbocycles. The number of nitrogens with one attached hydrogen (secondary N) is 1. The minimum atomic E-state index is -1.58. The molecule has 1 heterocycles. The number of carbonyl (C=O) groups excluding carboxylic acids is 1. The Kier molecular flexibility index (Phi) is 14.0. The van der Waals surface area contributed by atoms with Crippen molar-refractivity contribution in [2.24, 2.45) is 22.9 Å². The molecule has 1 amide bonds. The molecule has 40 heavy (non-hydrogen) atoms. The lowest BCUT2D eigenvalue weighted by atomic mass is 9.83. The third kappa shape index (κ3) is 8.69. The van der Waals surface area contributed by atoms with Crippen LogP contribution in [0.5, 0.6) is 0 Å². The van der Waals surface area contributed by atoms with Gasteiger partial charge in [-0.3, -0.25) is 4.79 Å². The van der Waals surface area contributed by atoms with E-state index in [0.29, 0.717) is 0 Å². The summed E-state index contributed by atoms with van der Waals surface area (Å²) in [6, 6.07) is -3.97. The van der Waals surface area contributed by atoms with Crippen LogP contribution in [0.4, 0.5) is 0 Å². The van der Waals surface area contributed by atoms with Crippen LogP contribution < -0.4 is 28.3 Å². The zero-order valence-corrected chi connectivity index (χ0v) is 22.7. The molecule has 0 radical (unpaired) electrons. The second kappa shape index (κ2) is 15.9. The Morgan fingerprint density at radius 2 is 1.70 bits per heavy atom. The number of hydrogen-bond donors (Lipinski definition) is 12. The molecule has 2 rings (SSSR count). The SMILES string of the molecule is C[C@H](O)C(CO)O[C@H](O[C@@H]1C(N)C[C@@H](NC(=O)[C@@H](O)CCN)[C@@H](O)C1O[C@@H]1O[C@H]([C@H](C)N)C(O)[C@@H]1O)[C@@H](N)CO. The molecule has 0 aromatic rings. The van der Waals surface area contributed by atoms with Crippen LogP contribution in [0.2, 0.25) is 0 Å². The van der Waals surface area contributed by atoms with Gasteiger partial charge in [-0.2, -0.15) is 0 Å². The Balaban J connectivity index is 2.36. The fourth-order valence-corrected chi connectivity index (χ4v) is 4.61. The summed E-state index contributed by atoms with van der Waals surface area (Å²) in [4.78, 5) is 12.5. The minimum absolute atomic E-state index is 0.0294. The van der Waals surface area contributed by atoms with Gasteiger partial charge in [0.25, 0.3) is 0 Å². The first kappa shape index (κ1) is 35.1. The van der Waals surface area contributed by atoms with E-state index in [1.54, 1.807) is 6.92 Å². The van der Waals surface area contributed by atoms with E-state index < -0.39 is 111 Å². The monoisotopic (exact) mass is 585 g/mol. The minimum Gasteiger partial charge on any atom is -0.395 e. The zero-order valence-electron chi connectivity index (χ0n) is 22.7. The van der Waals surface area contributed by atoms with Crippen LogP contribution in [0.15, 0.2) is 0 Å². The van der Waals surface area contributed by atoms with Gasteiger partial charge in [0.05, 0.1) is 31.4 Å². The highest BCUT2D eigenvalue weighted by Gasteiger charge is 2.52. The molecule has 17 heteroatoms. The average molecular weight is 586 g/mol. The van der Waals surface area contributed by atoms with Crippen molar-refractivity contribution in [3.63, 3.8) is 0 Å². The van der Waals surface area contributed by atoms with E-state index in [4.69, 9.17) is 41.9 Å². The summed E-state index contributed by atoms with van der Waals surface area (Å²) < 4.78 is 23.1. The van der Waals surface area contributed by atoms with E-state index in [-0.39, 0.29) is 19.4 Å². The first-order valence-electron chi connectivity index (χ1n) is 13.3. The van der Waals surface area contributed by atoms with Crippen LogP contribution in [0.1, 0.15) is 26.7 Å². The number of rotatable bonds is 15. The Morgan fingerprint density at radius 3 is 2.20 bits per heavy atom. The molecule has 1 aliphatic heterocycles. The van der Waals surface area contributed by atoms with Crippen LogP contribution in [0.3, 0.4) is 0 Å². The van der Waals surface area contributed by atoms with Crippen molar-refractivity contribution in [2.45, 2.75) is 118 Å². The Hall–Kier alpha value is -1.13. The molecule has 15 atom stereocenters. The van der Waals surface area contributed by atoms with Crippen LogP contribution in [-0.2, 0) is 23.7 Å². The van der Waals surface area contributed by atoms with E-state index in [1.807, 2.05) is 0 Å². The third-order valence-corrected chi connectivity index (χ3v) is 7.04. The molecule has 16 N–H and O–H groups in total. The number of aliphatic hydroxyl groups is 7. The van der Waals surface area contributed by atoms with Crippen LogP contribution >= 0.6 is 0 Å². The Labute approximate surface area is 232 Å². The summed E-state index contributed by atoms with van der Waals surface area (Å²) in [7, 11) is 0. The highest BCUT2D eigenvalue weighted by molar-refractivity contribution is 5.80. The fourth-order valence-electron chi connectivity index (χ4n) is 4.61. The maximum Gasteiger partial charge on any atom is 0.249 e. The summed E-state index contributed by atoms with van der Waals surface area (Å²) in [5.74, 6) is -0.810. The summed E-state index contributed by atoms with van der Waals surface area (Å²) in [6.07, 6.45) is -15.2. The van der Waals surface area contributed by atoms with Crippen molar-refractivity contribution in [3.8, 4) is 0 Å². The second-order valence-corrected chi connectivity index (χ2v) is 10.4. The molecule has 2 fully saturated rings. The topological polar surface area (TPSA) is 312 Å². The van der Waals surface area contributed by atoms with Crippen LogP contribution in [0.25, 0.3) is 0 Å². The quantitative estimate of drug-likeness (QED) is 0.0794. The number of aliphatic hydroxyl groups excluding tert-OH is 7. The van der Waals surface area contributed by atoms with Gasteiger partial charge in [-0.1, -0.05) is 0 Å². The van der Waals surface area contributed by atoms with Crippen molar-refractivity contribution in [1.29, 1.82) is 0 Å². The molecule has 2 aliphatic rings. The lowest BCUT2D eigenvalue weighted by Crippen LogP contribution is -2.67. The zero-order chi connectivity index (χ0) is 30.3. The second-order valence-electron chi connectivity index (χ2n) is 10.4. The Bertz CT molecular complexity index is 770. The smallest absolute Gasteiger partial charge is 0.249 e. The molecule has 0 aromatic heterocycles. The average Bonchev–Trinajstić information content (AvgIpc) is 3.18. The van der Waals surface area contributed by atoms with E-state index in [1.165, 1.54) is 6.92 Å². The molecule has 236 valence electrons. The number of amides is 1. The van der Waals surface area contributed by atoms with E-state index in [9.17, 15) is 40.5 Å². The summed E-state index contributed by atoms with van der Waals surface area (Å²) in [6.45, 7) is 1.69. The van der Waals surface area contributed by atoms with Gasteiger partial charge >= 0.3 is 0 Å². The van der Waals surface area contributed by atoms with Gasteiger partial charge in [-0.15, -0.1) is 0 Å². The molecule has 1 saturated carbocycles. The molecule has 1 aliphatic carbocycles. The largest absolute Gasteiger partial charge is 0.395 e. The van der Waals surface area contributed by atoms with Gasteiger partial charge in [0.15, 0.2) is 12.6 Å². The van der Waals surface area contributed by atoms with Gasteiger partial charge in [0, 0.05) is 12.1 Å².